The molecule has 0 fully saturated rings. The Morgan fingerprint density at radius 2 is 1.52 bits per heavy atom. The van der Waals surface area contributed by atoms with Gasteiger partial charge in [-0.1, -0.05) is 19.1 Å². The SMILES string of the molecule is CC[C@@]1(O)C(=O)OCc2c1cc1n(c2=O)Cc2c-1nc1cc(F)c(C)c3c1c2C(NC(=O)OCc1ccc(NC(=O)[C@H](C)NC(=O)[C@H](C)NC(=O)[C@H](C)NC(=O)CCOCCOCCN2C(=O)C=CC2=O)cc1)CC3. The second-order valence-corrected chi connectivity index (χ2v) is 18.7. The van der Waals surface area contributed by atoms with Crippen molar-refractivity contribution in [3.63, 3.8) is 0 Å². The molecule has 396 valence electrons. The molecule has 0 bridgehead atoms. The van der Waals surface area contributed by atoms with Gasteiger partial charge in [-0.05, 0) is 87.4 Å². The van der Waals surface area contributed by atoms with Crippen molar-refractivity contribution in [2.75, 3.05) is 38.3 Å². The van der Waals surface area contributed by atoms with Crippen LogP contribution in [-0.4, -0.2) is 118 Å². The van der Waals surface area contributed by atoms with Crippen molar-refractivity contribution in [2.24, 2.45) is 0 Å². The highest BCUT2D eigenvalue weighted by atomic mass is 19.1. The summed E-state index contributed by atoms with van der Waals surface area (Å²) in [7, 11) is 0. The van der Waals surface area contributed by atoms with Gasteiger partial charge in [0.1, 0.15) is 37.2 Å². The number of esters is 1. The zero-order valence-electron chi connectivity index (χ0n) is 41.9. The molecule has 1 aliphatic carbocycles. The average molecular weight is 1040 g/mol. The summed E-state index contributed by atoms with van der Waals surface area (Å²) < 4.78 is 38.4. The number of ether oxygens (including phenoxy) is 4. The Kier molecular flexibility index (Phi) is 15.9. The Morgan fingerprint density at radius 3 is 2.20 bits per heavy atom. The summed E-state index contributed by atoms with van der Waals surface area (Å²) in [6, 6.07) is 5.64. The molecule has 7 amide bonds. The van der Waals surface area contributed by atoms with E-state index in [1.807, 2.05) is 0 Å². The smallest absolute Gasteiger partial charge is 0.407 e. The Bertz CT molecular complexity index is 3090. The van der Waals surface area contributed by atoms with Gasteiger partial charge in [0.15, 0.2) is 5.60 Å². The van der Waals surface area contributed by atoms with E-state index in [4.69, 9.17) is 23.9 Å². The molecule has 4 aliphatic rings. The molecule has 75 heavy (non-hydrogen) atoms. The number of rotatable bonds is 20. The number of halogens is 1. The van der Waals surface area contributed by atoms with Crippen LogP contribution in [0.3, 0.4) is 0 Å². The van der Waals surface area contributed by atoms with E-state index in [1.54, 1.807) is 44.2 Å². The predicted molar refractivity (Wildman–Crippen MR) is 264 cm³/mol. The van der Waals surface area contributed by atoms with E-state index >= 15 is 4.39 Å². The number of pyridine rings is 2. The molecule has 5 atom stereocenters. The summed E-state index contributed by atoms with van der Waals surface area (Å²) in [5, 5.41) is 25.3. The van der Waals surface area contributed by atoms with E-state index < -0.39 is 88.7 Å². The zero-order chi connectivity index (χ0) is 53.9. The number of benzene rings is 2. The lowest BCUT2D eigenvalue weighted by Gasteiger charge is -2.31. The van der Waals surface area contributed by atoms with Crippen LogP contribution in [0.15, 0.2) is 53.3 Å². The maximum atomic E-state index is 15.4. The highest BCUT2D eigenvalue weighted by Crippen LogP contribution is 2.46. The summed E-state index contributed by atoms with van der Waals surface area (Å²) in [4.78, 5) is 120. The van der Waals surface area contributed by atoms with Crippen LogP contribution in [0, 0.1) is 12.7 Å². The van der Waals surface area contributed by atoms with E-state index in [2.05, 4.69) is 26.6 Å². The van der Waals surface area contributed by atoms with Crippen LogP contribution in [0.5, 0.6) is 0 Å². The van der Waals surface area contributed by atoms with Crippen LogP contribution < -0.4 is 32.1 Å². The molecule has 6 N–H and O–H groups in total. The molecule has 4 aromatic rings. The molecule has 0 radical (unpaired) electrons. The summed E-state index contributed by atoms with van der Waals surface area (Å²) >= 11 is 0. The van der Waals surface area contributed by atoms with Crippen molar-refractivity contribution < 1.29 is 66.8 Å². The van der Waals surface area contributed by atoms with E-state index in [0.29, 0.717) is 63.1 Å². The Morgan fingerprint density at radius 1 is 0.867 bits per heavy atom. The first-order valence-corrected chi connectivity index (χ1v) is 24.5. The molecule has 23 heteroatoms. The molecule has 2 aromatic heterocycles. The highest BCUT2D eigenvalue weighted by Gasteiger charge is 2.46. The molecule has 3 aliphatic heterocycles. The summed E-state index contributed by atoms with van der Waals surface area (Å²) in [6.07, 6.45) is 2.34. The first kappa shape index (κ1) is 53.4. The second-order valence-electron chi connectivity index (χ2n) is 18.7. The lowest BCUT2D eigenvalue weighted by atomic mass is 9.81. The van der Waals surface area contributed by atoms with Crippen LogP contribution in [0.25, 0.3) is 22.3 Å². The Balaban J connectivity index is 0.790. The van der Waals surface area contributed by atoms with Gasteiger partial charge in [-0.25, -0.2) is 19.0 Å². The molecule has 1 unspecified atom stereocenters. The first-order chi connectivity index (χ1) is 35.8. The van der Waals surface area contributed by atoms with Crippen LogP contribution in [-0.2, 0) is 84.3 Å². The number of carbonyl (C=O) groups excluding carboxylic acids is 8. The molecule has 2 aromatic carbocycles. The van der Waals surface area contributed by atoms with Gasteiger partial charge in [-0.15, -0.1) is 0 Å². The van der Waals surface area contributed by atoms with Gasteiger partial charge in [0, 0.05) is 46.8 Å². The summed E-state index contributed by atoms with van der Waals surface area (Å²) in [6.45, 7) is 7.86. The quantitative estimate of drug-likeness (QED) is 0.0370. The third kappa shape index (κ3) is 11.1. The fourth-order valence-electron chi connectivity index (χ4n) is 9.45. The van der Waals surface area contributed by atoms with Crippen LogP contribution in [0.1, 0.15) is 91.9 Å². The van der Waals surface area contributed by atoms with Crippen molar-refractivity contribution in [3.8, 4) is 11.4 Å². The van der Waals surface area contributed by atoms with Crippen molar-refractivity contribution in [1.82, 2.24) is 35.7 Å². The number of aliphatic hydroxyl groups is 1. The topological polar surface area (TPSA) is 292 Å². The Labute approximate surface area is 428 Å². The minimum Gasteiger partial charge on any atom is -0.458 e. The van der Waals surface area contributed by atoms with Gasteiger partial charge in [0.2, 0.25) is 23.6 Å². The molecule has 0 saturated carbocycles. The van der Waals surface area contributed by atoms with Crippen LogP contribution >= 0.6 is 0 Å². The number of nitrogens with zero attached hydrogens (tertiary/aromatic N) is 3. The van der Waals surface area contributed by atoms with Crippen LogP contribution in [0.4, 0.5) is 14.9 Å². The number of hydrogen-bond acceptors (Lipinski definition) is 15. The molecule has 8 rings (SSSR count). The number of aryl methyl sites for hydroxylation is 1. The normalized spacial score (nSPS) is 18.3. The molecular weight excluding hydrogens is 980 g/mol. The predicted octanol–water partition coefficient (Wildman–Crippen LogP) is 2.24. The number of fused-ring (bicyclic) bond motifs is 5. The number of cyclic esters (lactones) is 1. The van der Waals surface area contributed by atoms with Crippen molar-refractivity contribution in [1.29, 1.82) is 0 Å². The molecule has 5 heterocycles. The summed E-state index contributed by atoms with van der Waals surface area (Å²) in [5.74, 6) is -4.42. The number of carbonyl (C=O) groups is 8. The molecule has 22 nitrogen and oxygen atoms in total. The number of aromatic nitrogens is 2. The largest absolute Gasteiger partial charge is 0.458 e. The minimum absolute atomic E-state index is 0.0377. The first-order valence-electron chi connectivity index (χ1n) is 24.5. The monoisotopic (exact) mass is 1040 g/mol. The van der Waals surface area contributed by atoms with Gasteiger partial charge in [-0.2, -0.15) is 0 Å². The van der Waals surface area contributed by atoms with E-state index in [9.17, 15) is 48.3 Å². The third-order valence-corrected chi connectivity index (χ3v) is 13.7. The van der Waals surface area contributed by atoms with E-state index in [0.717, 1.165) is 10.5 Å². The van der Waals surface area contributed by atoms with Gasteiger partial charge >= 0.3 is 12.1 Å². The maximum absolute atomic E-state index is 15.4. The lowest BCUT2D eigenvalue weighted by molar-refractivity contribution is -0.172. The maximum Gasteiger partial charge on any atom is 0.407 e. The van der Waals surface area contributed by atoms with Crippen molar-refractivity contribution >= 4 is 64.1 Å². The number of alkyl carbamates (subject to hydrolysis) is 1. The fraction of sp³-hybridized carbons (Fsp3) is 0.423. The lowest BCUT2D eigenvalue weighted by Crippen LogP contribution is -2.54. The number of hydrogen-bond donors (Lipinski definition) is 6. The number of anilines is 1. The van der Waals surface area contributed by atoms with E-state index in [1.165, 1.54) is 43.6 Å². The second kappa shape index (κ2) is 22.3. The fourth-order valence-corrected chi connectivity index (χ4v) is 9.45. The third-order valence-electron chi connectivity index (χ3n) is 13.7. The molecule has 0 saturated heterocycles. The number of amides is 7. The van der Waals surface area contributed by atoms with Crippen molar-refractivity contribution in [2.45, 2.75) is 110 Å². The van der Waals surface area contributed by atoms with E-state index in [-0.39, 0.29) is 76.7 Å². The zero-order valence-corrected chi connectivity index (χ0v) is 41.9. The van der Waals surface area contributed by atoms with Crippen LogP contribution in [0.2, 0.25) is 0 Å². The number of imide groups is 1. The van der Waals surface area contributed by atoms with Gasteiger partial charge in [-0.3, -0.25) is 38.5 Å². The van der Waals surface area contributed by atoms with Gasteiger partial charge < -0.3 is 55.2 Å². The minimum atomic E-state index is -2.04. The van der Waals surface area contributed by atoms with Gasteiger partial charge in [0.05, 0.1) is 68.0 Å². The Hall–Kier alpha value is -7.89. The average Bonchev–Trinajstić information content (AvgIpc) is 3.97. The highest BCUT2D eigenvalue weighted by molar-refractivity contribution is 6.12. The van der Waals surface area contributed by atoms with Gasteiger partial charge in [0.25, 0.3) is 17.4 Å². The standard InChI is InChI=1S/C52H57FN8O14/c1-6-52(71)35-21-39-45-33(23-61(39)49(68)34(35)25-74-50(52)69)44-37(12-11-32-26(2)36(53)22-38(58-45)43(32)44)59-51(70)75-24-30-7-9-31(10-8-30)57-48(67)29(5)56-47(66)28(4)55-46(65)27(3)54-40(62)15-17-72-19-20-73-18-16-60-41(63)13-14-42(60)64/h7-10,13-14,21-22,27-29,37,71H,6,11-12,15-20,23-25H2,1-5H3,(H,54,62)(H,55,65)(H,56,66)(H,57,67)(H,59,70)/t27-,28-,29-,37?,52-/m0/s1. The molecular formula is C52H57FN8O14. The summed E-state index contributed by atoms with van der Waals surface area (Å²) in [5.41, 5.74) is 2.30. The molecule has 0 spiro atoms. The van der Waals surface area contributed by atoms with Crippen molar-refractivity contribution in [3.05, 3.63) is 104 Å². The number of nitrogens with one attached hydrogen (secondary N) is 5.